The largest absolute Gasteiger partial charge is 0.481 e. The average molecular weight is 316 g/mol. The van der Waals surface area contributed by atoms with Crippen LogP contribution in [-0.2, 0) is 19.1 Å². The minimum Gasteiger partial charge on any atom is -0.481 e. The maximum atomic E-state index is 12.4. The highest BCUT2D eigenvalue weighted by Crippen LogP contribution is 2.26. The third kappa shape index (κ3) is 4.41. The Morgan fingerprint density at radius 2 is 1.95 bits per heavy atom. The van der Waals surface area contributed by atoms with Gasteiger partial charge in [0.15, 0.2) is 0 Å². The summed E-state index contributed by atoms with van der Waals surface area (Å²) >= 11 is 0. The highest BCUT2D eigenvalue weighted by molar-refractivity contribution is 5.83. The van der Waals surface area contributed by atoms with Gasteiger partial charge in [-0.15, -0.1) is 0 Å². The zero-order valence-corrected chi connectivity index (χ0v) is 13.1. The van der Waals surface area contributed by atoms with E-state index in [0.717, 1.165) is 0 Å². The van der Waals surface area contributed by atoms with Gasteiger partial charge in [-0.1, -0.05) is 13.8 Å². The molecule has 0 saturated carbocycles. The molecule has 0 radical (unpaired) electrons. The molecule has 1 aliphatic heterocycles. The molecule has 0 spiro atoms. The van der Waals surface area contributed by atoms with Crippen molar-refractivity contribution in [1.29, 1.82) is 0 Å². The van der Waals surface area contributed by atoms with Crippen molar-refractivity contribution in [3.63, 3.8) is 0 Å². The van der Waals surface area contributed by atoms with Gasteiger partial charge in [-0.3, -0.25) is 14.4 Å². The average Bonchev–Trinajstić information content (AvgIpc) is 2.78. The van der Waals surface area contributed by atoms with Crippen LogP contribution in [0.5, 0.6) is 0 Å². The summed E-state index contributed by atoms with van der Waals surface area (Å²) in [7, 11) is 0. The van der Waals surface area contributed by atoms with Crippen LogP contribution in [0.4, 0.5) is 0 Å². The fourth-order valence-corrected chi connectivity index (χ4v) is 2.62. The summed E-state index contributed by atoms with van der Waals surface area (Å²) in [6.07, 6.45) is -2.25. The first kappa shape index (κ1) is 18.4. The van der Waals surface area contributed by atoms with E-state index in [9.17, 15) is 19.5 Å². The molecule has 1 saturated heterocycles. The molecule has 1 fully saturated rings. The summed E-state index contributed by atoms with van der Waals surface area (Å²) in [6.45, 7) is 5.08. The molecule has 1 amide bonds. The van der Waals surface area contributed by atoms with Gasteiger partial charge in [0.25, 0.3) is 0 Å². The van der Waals surface area contributed by atoms with Crippen molar-refractivity contribution in [3.8, 4) is 0 Å². The summed E-state index contributed by atoms with van der Waals surface area (Å²) < 4.78 is 5.12. The van der Waals surface area contributed by atoms with Gasteiger partial charge < -0.3 is 25.6 Å². The van der Waals surface area contributed by atoms with Gasteiger partial charge in [0, 0.05) is 19.9 Å². The van der Waals surface area contributed by atoms with Crippen LogP contribution in [0.3, 0.4) is 0 Å². The van der Waals surface area contributed by atoms with Crippen molar-refractivity contribution < 1.29 is 29.3 Å². The van der Waals surface area contributed by atoms with E-state index in [2.05, 4.69) is 0 Å². The molecule has 4 atom stereocenters. The minimum absolute atomic E-state index is 0.0995. The SMILES string of the molecule is CC(=O)OC1CCN(C(=O)C(N)C(C)C)C1C(O)CC(=O)O. The first-order valence-corrected chi connectivity index (χ1v) is 7.28. The van der Waals surface area contributed by atoms with Crippen molar-refractivity contribution >= 4 is 17.8 Å². The number of aliphatic hydroxyl groups excluding tert-OH is 1. The molecule has 0 aliphatic carbocycles. The van der Waals surface area contributed by atoms with Crippen molar-refractivity contribution in [2.75, 3.05) is 6.54 Å². The molecule has 0 bridgehead atoms. The van der Waals surface area contributed by atoms with Crippen molar-refractivity contribution in [2.24, 2.45) is 11.7 Å². The predicted molar refractivity (Wildman–Crippen MR) is 76.7 cm³/mol. The number of carbonyl (C=O) groups excluding carboxylic acids is 2. The zero-order valence-electron chi connectivity index (χ0n) is 13.1. The van der Waals surface area contributed by atoms with Gasteiger partial charge >= 0.3 is 11.9 Å². The third-order valence-electron chi connectivity index (χ3n) is 3.78. The van der Waals surface area contributed by atoms with Gasteiger partial charge in [0.05, 0.1) is 24.6 Å². The molecule has 1 heterocycles. The van der Waals surface area contributed by atoms with Crippen LogP contribution >= 0.6 is 0 Å². The molecule has 4 unspecified atom stereocenters. The van der Waals surface area contributed by atoms with Gasteiger partial charge in [-0.2, -0.15) is 0 Å². The second-order valence-corrected chi connectivity index (χ2v) is 5.89. The fraction of sp³-hybridized carbons (Fsp3) is 0.786. The van der Waals surface area contributed by atoms with Crippen LogP contribution in [0.25, 0.3) is 0 Å². The Balaban J connectivity index is 2.97. The highest BCUT2D eigenvalue weighted by atomic mass is 16.5. The number of carbonyl (C=O) groups is 3. The smallest absolute Gasteiger partial charge is 0.306 e. The number of esters is 1. The molecule has 0 aromatic carbocycles. The van der Waals surface area contributed by atoms with Gasteiger partial charge in [-0.25, -0.2) is 0 Å². The lowest BCUT2D eigenvalue weighted by Gasteiger charge is -2.33. The van der Waals surface area contributed by atoms with Crippen LogP contribution in [0.2, 0.25) is 0 Å². The third-order valence-corrected chi connectivity index (χ3v) is 3.78. The summed E-state index contributed by atoms with van der Waals surface area (Å²) in [4.78, 5) is 35.7. The fourth-order valence-electron chi connectivity index (χ4n) is 2.62. The maximum Gasteiger partial charge on any atom is 0.306 e. The quantitative estimate of drug-likeness (QED) is 0.554. The van der Waals surface area contributed by atoms with E-state index in [1.165, 1.54) is 11.8 Å². The van der Waals surface area contributed by atoms with E-state index in [-0.39, 0.29) is 18.4 Å². The van der Waals surface area contributed by atoms with Crippen molar-refractivity contribution in [2.45, 2.75) is 57.9 Å². The number of carboxylic acids is 1. The van der Waals surface area contributed by atoms with Crippen LogP contribution in [0, 0.1) is 5.92 Å². The van der Waals surface area contributed by atoms with Crippen molar-refractivity contribution in [1.82, 2.24) is 4.90 Å². The number of aliphatic carboxylic acids is 1. The molecule has 8 heteroatoms. The number of ether oxygens (including phenoxy) is 1. The number of rotatable bonds is 6. The number of likely N-dealkylation sites (tertiary alicyclic amines) is 1. The molecule has 126 valence electrons. The molecule has 1 rings (SSSR count). The van der Waals surface area contributed by atoms with E-state index in [1.54, 1.807) is 13.8 Å². The molecule has 0 aromatic rings. The Labute approximate surface area is 129 Å². The number of carboxylic acid groups (broad SMARTS) is 1. The van der Waals surface area contributed by atoms with Crippen LogP contribution in [0.15, 0.2) is 0 Å². The van der Waals surface area contributed by atoms with Crippen LogP contribution < -0.4 is 5.73 Å². The Bertz CT molecular complexity index is 439. The molecule has 8 nitrogen and oxygen atoms in total. The molecule has 22 heavy (non-hydrogen) atoms. The minimum atomic E-state index is -1.33. The number of nitrogens with two attached hydrogens (primary N) is 1. The molecule has 1 aliphatic rings. The highest BCUT2D eigenvalue weighted by Gasteiger charge is 2.45. The lowest BCUT2D eigenvalue weighted by atomic mass is 10.00. The molecular formula is C14H24N2O6. The lowest BCUT2D eigenvalue weighted by Crippen LogP contribution is -2.54. The van der Waals surface area contributed by atoms with E-state index < -0.39 is 42.7 Å². The Morgan fingerprint density at radius 1 is 1.36 bits per heavy atom. The predicted octanol–water partition coefficient (Wildman–Crippen LogP) is -0.662. The summed E-state index contributed by atoms with van der Waals surface area (Å²) in [5, 5.41) is 19.0. The second-order valence-electron chi connectivity index (χ2n) is 5.89. The lowest BCUT2D eigenvalue weighted by molar-refractivity contribution is -0.154. The number of amides is 1. The zero-order chi connectivity index (χ0) is 17.0. The maximum absolute atomic E-state index is 12.4. The second kappa shape index (κ2) is 7.55. The van der Waals surface area contributed by atoms with E-state index in [0.29, 0.717) is 6.42 Å². The first-order valence-electron chi connectivity index (χ1n) is 7.28. The van der Waals surface area contributed by atoms with Gasteiger partial charge in [0.2, 0.25) is 5.91 Å². The van der Waals surface area contributed by atoms with E-state index in [1.807, 2.05) is 0 Å². The Hall–Kier alpha value is -1.67. The van der Waals surface area contributed by atoms with Crippen LogP contribution in [-0.4, -0.2) is 63.8 Å². The first-order chi connectivity index (χ1) is 10.1. The van der Waals surface area contributed by atoms with E-state index >= 15 is 0 Å². The number of hydrogen-bond donors (Lipinski definition) is 3. The topological polar surface area (TPSA) is 130 Å². The molecular weight excluding hydrogens is 292 g/mol. The van der Waals surface area contributed by atoms with E-state index in [4.69, 9.17) is 15.6 Å². The Kier molecular flexibility index (Phi) is 6.31. The van der Waals surface area contributed by atoms with Gasteiger partial charge in [-0.05, 0) is 5.92 Å². The Morgan fingerprint density at radius 3 is 2.41 bits per heavy atom. The van der Waals surface area contributed by atoms with Crippen molar-refractivity contribution in [3.05, 3.63) is 0 Å². The summed E-state index contributed by atoms with van der Waals surface area (Å²) in [6, 6.07) is -1.65. The standard InChI is InChI=1S/C14H24N2O6/c1-7(2)12(15)14(21)16-5-4-10(22-8(3)17)13(16)9(18)6-11(19)20/h7,9-10,12-13,18H,4-6,15H2,1-3H3,(H,19,20). The normalized spacial score (nSPS) is 24.2. The number of aliphatic hydroxyl groups is 1. The molecule has 0 aromatic heterocycles. The van der Waals surface area contributed by atoms with Crippen LogP contribution in [0.1, 0.15) is 33.6 Å². The molecule has 4 N–H and O–H groups in total. The summed E-state index contributed by atoms with van der Waals surface area (Å²) in [5.41, 5.74) is 5.85. The summed E-state index contributed by atoms with van der Waals surface area (Å²) in [5.74, 6) is -2.21. The monoisotopic (exact) mass is 316 g/mol. The van der Waals surface area contributed by atoms with Gasteiger partial charge in [0.1, 0.15) is 6.10 Å². The number of nitrogens with zero attached hydrogens (tertiary/aromatic N) is 1. The number of hydrogen-bond acceptors (Lipinski definition) is 6.